The van der Waals surface area contributed by atoms with Crippen LogP contribution in [-0.4, -0.2) is 31.1 Å². The van der Waals surface area contributed by atoms with Crippen LogP contribution < -0.4 is 5.32 Å². The van der Waals surface area contributed by atoms with Crippen LogP contribution in [0.1, 0.15) is 29.2 Å². The predicted molar refractivity (Wildman–Crippen MR) is 92.4 cm³/mol. The van der Waals surface area contributed by atoms with Gasteiger partial charge in [-0.05, 0) is 37.0 Å². The summed E-state index contributed by atoms with van der Waals surface area (Å²) in [4.78, 5) is 2.58. The van der Waals surface area contributed by atoms with Crippen LogP contribution in [-0.2, 0) is 0 Å². The molecule has 1 N–H and O–H groups in total. The summed E-state index contributed by atoms with van der Waals surface area (Å²) in [7, 11) is 0. The first-order chi connectivity index (χ1) is 8.74. The molecule has 0 spiro atoms. The molecule has 1 aliphatic heterocycles. The highest BCUT2D eigenvalue weighted by Crippen LogP contribution is 2.29. The summed E-state index contributed by atoms with van der Waals surface area (Å²) in [6.45, 7) is 12.8. The number of hydrogen-bond donors (Lipinski definition) is 1. The zero-order chi connectivity index (χ0) is 13.0. The van der Waals surface area contributed by atoms with Gasteiger partial charge in [0.25, 0.3) is 0 Å². The summed E-state index contributed by atoms with van der Waals surface area (Å²) in [6, 6.07) is 7.14. The molecule has 1 aromatic carbocycles. The van der Waals surface area contributed by atoms with E-state index in [1.54, 1.807) is 0 Å². The summed E-state index contributed by atoms with van der Waals surface area (Å²) in [5.41, 5.74) is 4.29. The Labute approximate surface area is 135 Å². The summed E-state index contributed by atoms with van der Waals surface area (Å²) in [5.74, 6) is 0. The van der Waals surface area contributed by atoms with Crippen LogP contribution in [0, 0.1) is 13.8 Å². The second-order valence-electron chi connectivity index (χ2n) is 5.12. The van der Waals surface area contributed by atoms with Crippen molar-refractivity contribution >= 4 is 24.8 Å². The molecule has 1 atom stereocenters. The Morgan fingerprint density at radius 2 is 1.90 bits per heavy atom. The molecule has 20 heavy (non-hydrogen) atoms. The Balaban J connectivity index is 0.00000180. The van der Waals surface area contributed by atoms with Gasteiger partial charge in [-0.1, -0.05) is 24.3 Å². The highest BCUT2D eigenvalue weighted by atomic mass is 35.5. The molecule has 2 nitrogen and oxygen atoms in total. The van der Waals surface area contributed by atoms with Crippen LogP contribution >= 0.6 is 24.8 Å². The number of benzene rings is 1. The number of halogens is 2. The normalized spacial score (nSPS) is 16.7. The maximum atomic E-state index is 3.93. The van der Waals surface area contributed by atoms with Crippen LogP contribution in [0.25, 0.3) is 0 Å². The van der Waals surface area contributed by atoms with Gasteiger partial charge in [-0.25, -0.2) is 0 Å². The topological polar surface area (TPSA) is 15.3 Å². The molecule has 0 amide bonds. The average Bonchev–Trinajstić information content (AvgIpc) is 2.41. The van der Waals surface area contributed by atoms with Crippen molar-refractivity contribution in [3.63, 3.8) is 0 Å². The molecule has 0 aromatic heterocycles. The predicted octanol–water partition coefficient (Wildman–Crippen LogP) is 3.67. The zero-order valence-electron chi connectivity index (χ0n) is 12.4. The van der Waals surface area contributed by atoms with Crippen molar-refractivity contribution in [2.75, 3.05) is 26.2 Å². The summed E-state index contributed by atoms with van der Waals surface area (Å²) < 4.78 is 0. The summed E-state index contributed by atoms with van der Waals surface area (Å²) >= 11 is 0. The second-order valence-corrected chi connectivity index (χ2v) is 5.12. The molecule has 0 aliphatic carbocycles. The van der Waals surface area contributed by atoms with Gasteiger partial charge >= 0.3 is 0 Å². The Morgan fingerprint density at radius 3 is 2.50 bits per heavy atom. The number of piperazine rings is 1. The third-order valence-corrected chi connectivity index (χ3v) is 3.99. The molecule has 2 rings (SSSR count). The smallest absolute Gasteiger partial charge is 0.0386 e. The minimum absolute atomic E-state index is 0. The van der Waals surface area contributed by atoms with Gasteiger partial charge in [0.2, 0.25) is 0 Å². The minimum Gasteiger partial charge on any atom is -0.314 e. The maximum Gasteiger partial charge on any atom is 0.0386 e. The van der Waals surface area contributed by atoms with E-state index < -0.39 is 0 Å². The summed E-state index contributed by atoms with van der Waals surface area (Å²) in [6.07, 6.45) is 3.08. The van der Waals surface area contributed by atoms with Crippen LogP contribution in [0.15, 0.2) is 30.9 Å². The van der Waals surface area contributed by atoms with Gasteiger partial charge in [-0.2, -0.15) is 0 Å². The van der Waals surface area contributed by atoms with Crippen molar-refractivity contribution in [3.05, 3.63) is 47.5 Å². The van der Waals surface area contributed by atoms with Crippen molar-refractivity contribution < 1.29 is 0 Å². The Kier molecular flexibility index (Phi) is 9.15. The molecule has 114 valence electrons. The first kappa shape index (κ1) is 19.5. The Bertz CT molecular complexity index is 415. The average molecular weight is 317 g/mol. The molecule has 0 unspecified atom stereocenters. The van der Waals surface area contributed by atoms with Gasteiger partial charge in [0.1, 0.15) is 0 Å². The SMILES string of the molecule is C=CC[C@H](c1cccc(C)c1C)N1CCNCC1.Cl.Cl. The van der Waals surface area contributed by atoms with Crippen LogP contribution in [0.3, 0.4) is 0 Å². The maximum absolute atomic E-state index is 3.93. The van der Waals surface area contributed by atoms with E-state index in [2.05, 4.69) is 54.9 Å². The fourth-order valence-corrected chi connectivity index (χ4v) is 2.76. The highest BCUT2D eigenvalue weighted by molar-refractivity contribution is 5.85. The first-order valence-corrected chi connectivity index (χ1v) is 6.86. The number of nitrogens with one attached hydrogen (secondary N) is 1. The molecule has 1 aliphatic rings. The van der Waals surface area contributed by atoms with Gasteiger partial charge in [-0.3, -0.25) is 4.90 Å². The standard InChI is InChI=1S/C16H24N2.2ClH/c1-4-6-16(18-11-9-17-10-12-18)15-8-5-7-13(2)14(15)3;;/h4-5,7-8,16-17H,1,6,9-12H2,2-3H3;2*1H/t16-;;/m1../s1. The molecule has 1 heterocycles. The number of hydrogen-bond acceptors (Lipinski definition) is 2. The van der Waals surface area contributed by atoms with Gasteiger partial charge in [0, 0.05) is 32.2 Å². The van der Waals surface area contributed by atoms with E-state index in [9.17, 15) is 0 Å². The van der Waals surface area contributed by atoms with Crippen molar-refractivity contribution in [3.8, 4) is 0 Å². The number of aryl methyl sites for hydroxylation is 1. The van der Waals surface area contributed by atoms with E-state index >= 15 is 0 Å². The van der Waals surface area contributed by atoms with Gasteiger partial charge in [0.15, 0.2) is 0 Å². The second kappa shape index (κ2) is 9.41. The van der Waals surface area contributed by atoms with Crippen molar-refractivity contribution in [1.29, 1.82) is 0 Å². The van der Waals surface area contributed by atoms with E-state index in [-0.39, 0.29) is 24.8 Å². The molecule has 0 bridgehead atoms. The van der Waals surface area contributed by atoms with E-state index in [0.717, 1.165) is 32.6 Å². The fraction of sp³-hybridized carbons (Fsp3) is 0.500. The lowest BCUT2D eigenvalue weighted by molar-refractivity contribution is 0.174. The lowest BCUT2D eigenvalue weighted by atomic mass is 9.94. The van der Waals surface area contributed by atoms with Gasteiger partial charge in [-0.15, -0.1) is 31.4 Å². The summed E-state index contributed by atoms with van der Waals surface area (Å²) in [5, 5.41) is 3.42. The molecule has 1 saturated heterocycles. The van der Waals surface area contributed by atoms with Crippen molar-refractivity contribution in [1.82, 2.24) is 10.2 Å². The quantitative estimate of drug-likeness (QED) is 0.853. The fourth-order valence-electron chi connectivity index (χ4n) is 2.76. The van der Waals surface area contributed by atoms with E-state index in [1.165, 1.54) is 16.7 Å². The monoisotopic (exact) mass is 316 g/mol. The van der Waals surface area contributed by atoms with E-state index in [4.69, 9.17) is 0 Å². The van der Waals surface area contributed by atoms with Gasteiger partial charge < -0.3 is 5.32 Å². The molecular weight excluding hydrogens is 291 g/mol. The molecule has 0 saturated carbocycles. The molecular formula is C16H26Cl2N2. The zero-order valence-corrected chi connectivity index (χ0v) is 14.0. The van der Waals surface area contributed by atoms with Crippen molar-refractivity contribution in [2.24, 2.45) is 0 Å². The van der Waals surface area contributed by atoms with Gasteiger partial charge in [0.05, 0.1) is 0 Å². The van der Waals surface area contributed by atoms with E-state index in [0.29, 0.717) is 6.04 Å². The third-order valence-electron chi connectivity index (χ3n) is 3.99. The highest BCUT2D eigenvalue weighted by Gasteiger charge is 2.22. The molecule has 0 radical (unpaired) electrons. The Hall–Kier alpha value is -0.540. The number of rotatable bonds is 4. The largest absolute Gasteiger partial charge is 0.314 e. The van der Waals surface area contributed by atoms with Crippen LogP contribution in [0.5, 0.6) is 0 Å². The molecule has 1 aromatic rings. The third kappa shape index (κ3) is 4.49. The lowest BCUT2D eigenvalue weighted by Crippen LogP contribution is -2.45. The first-order valence-electron chi connectivity index (χ1n) is 6.86. The van der Waals surface area contributed by atoms with E-state index in [1.807, 2.05) is 0 Å². The van der Waals surface area contributed by atoms with Crippen LogP contribution in [0.4, 0.5) is 0 Å². The molecule has 4 heteroatoms. The minimum atomic E-state index is 0. The van der Waals surface area contributed by atoms with Crippen molar-refractivity contribution in [2.45, 2.75) is 26.3 Å². The Morgan fingerprint density at radius 1 is 1.25 bits per heavy atom. The molecule has 1 fully saturated rings. The lowest BCUT2D eigenvalue weighted by Gasteiger charge is -2.35. The number of nitrogens with zero attached hydrogens (tertiary/aromatic N) is 1. The van der Waals surface area contributed by atoms with Crippen LogP contribution in [0.2, 0.25) is 0 Å².